The van der Waals surface area contributed by atoms with Crippen molar-refractivity contribution in [3.8, 4) is 11.3 Å². The summed E-state index contributed by atoms with van der Waals surface area (Å²) < 4.78 is 0. The van der Waals surface area contributed by atoms with Crippen molar-refractivity contribution < 1.29 is 20.1 Å². The van der Waals surface area contributed by atoms with Crippen LogP contribution in [-0.2, 0) is 30.9 Å². The van der Waals surface area contributed by atoms with Gasteiger partial charge in [0.05, 0.1) is 0 Å². The number of rotatable bonds is 1. The van der Waals surface area contributed by atoms with E-state index in [1.54, 1.807) is 11.1 Å². The van der Waals surface area contributed by atoms with Crippen LogP contribution in [0.3, 0.4) is 0 Å². The fourth-order valence-electron chi connectivity index (χ4n) is 7.74. The topological polar surface area (TPSA) is 12.9 Å². The molecule has 1 nitrogen and oxygen atoms in total. The fourth-order valence-corrected chi connectivity index (χ4v) is 7.74. The number of benzene rings is 1. The van der Waals surface area contributed by atoms with Crippen LogP contribution >= 0.6 is 0 Å². The molecule has 2 saturated carbocycles. The zero-order valence-electron chi connectivity index (χ0n) is 18.1. The van der Waals surface area contributed by atoms with Crippen molar-refractivity contribution in [2.45, 2.75) is 88.9 Å². The van der Waals surface area contributed by atoms with Gasteiger partial charge in [-0.05, 0) is 89.8 Å². The second-order valence-corrected chi connectivity index (χ2v) is 11.6. The molecule has 29 heavy (non-hydrogen) atoms. The molecule has 2 aromatic rings. The number of hydrogen-bond donors (Lipinski definition) is 0. The molecule has 2 heteroatoms. The van der Waals surface area contributed by atoms with E-state index in [1.807, 2.05) is 0 Å². The minimum Gasteiger partial charge on any atom is -0.304 e. The molecule has 1 aromatic heterocycles. The third kappa shape index (κ3) is 3.01. The Balaban J connectivity index is 0.00000181. The second-order valence-electron chi connectivity index (χ2n) is 11.6. The molecule has 0 N–H and O–H groups in total. The van der Waals surface area contributed by atoms with Crippen LogP contribution in [0.1, 0.15) is 100 Å². The van der Waals surface area contributed by atoms with Crippen LogP contribution in [0.4, 0.5) is 0 Å². The number of pyridine rings is 1. The maximum Gasteiger partial charge on any atom is 0.0198 e. The van der Waals surface area contributed by atoms with Gasteiger partial charge in [-0.1, -0.05) is 33.8 Å². The first-order chi connectivity index (χ1) is 13.3. The van der Waals surface area contributed by atoms with Gasteiger partial charge in [-0.25, -0.2) is 0 Å². The molecule has 2 unspecified atom stereocenters. The molecule has 0 aliphatic heterocycles. The van der Waals surface area contributed by atoms with Crippen LogP contribution in [0.2, 0.25) is 0 Å². The quantitative estimate of drug-likeness (QED) is 0.345. The van der Waals surface area contributed by atoms with E-state index >= 15 is 0 Å². The molecule has 4 bridgehead atoms. The molecule has 2 atom stereocenters. The van der Waals surface area contributed by atoms with Gasteiger partial charge in [0, 0.05) is 26.3 Å². The zero-order chi connectivity index (χ0) is 19.3. The average molecular weight is 563 g/mol. The fraction of sp³-hybridized carbons (Fsp3) is 0.593. The van der Waals surface area contributed by atoms with Gasteiger partial charge in [0.1, 0.15) is 0 Å². The molecule has 0 spiro atoms. The van der Waals surface area contributed by atoms with Crippen LogP contribution in [-0.4, -0.2) is 4.98 Å². The van der Waals surface area contributed by atoms with Crippen molar-refractivity contribution in [3.63, 3.8) is 0 Å². The molecule has 5 aliphatic rings. The van der Waals surface area contributed by atoms with Crippen molar-refractivity contribution in [2.75, 3.05) is 0 Å². The summed E-state index contributed by atoms with van der Waals surface area (Å²) in [7, 11) is 0. The van der Waals surface area contributed by atoms with Crippen LogP contribution in [0.25, 0.3) is 11.3 Å². The van der Waals surface area contributed by atoms with Gasteiger partial charge in [0.25, 0.3) is 0 Å². The van der Waals surface area contributed by atoms with E-state index in [9.17, 15) is 0 Å². The maximum absolute atomic E-state index is 4.98. The van der Waals surface area contributed by atoms with Crippen molar-refractivity contribution in [3.05, 3.63) is 52.7 Å². The van der Waals surface area contributed by atoms with Gasteiger partial charge >= 0.3 is 0 Å². The van der Waals surface area contributed by atoms with Gasteiger partial charge < -0.3 is 4.98 Å². The first-order valence-corrected chi connectivity index (χ1v) is 11.4. The summed E-state index contributed by atoms with van der Waals surface area (Å²) in [6.07, 6.45) is 10.6. The van der Waals surface area contributed by atoms with Crippen LogP contribution < -0.4 is 0 Å². The largest absolute Gasteiger partial charge is 0.304 e. The van der Waals surface area contributed by atoms with E-state index < -0.39 is 0 Å². The third-order valence-electron chi connectivity index (χ3n) is 8.55. The molecule has 155 valence electrons. The van der Waals surface area contributed by atoms with Gasteiger partial charge in [-0.2, -0.15) is 0 Å². The minimum atomic E-state index is 0. The van der Waals surface area contributed by atoms with Crippen molar-refractivity contribution in [1.29, 1.82) is 0 Å². The number of aromatic nitrogens is 1. The van der Waals surface area contributed by atoms with Gasteiger partial charge in [-0.3, -0.25) is 0 Å². The first kappa shape index (κ1) is 20.0. The summed E-state index contributed by atoms with van der Waals surface area (Å²) in [5, 5.41) is 0. The summed E-state index contributed by atoms with van der Waals surface area (Å²) in [5.74, 6) is 3.48. The van der Waals surface area contributed by atoms with Crippen molar-refractivity contribution in [2.24, 2.45) is 11.8 Å². The minimum absolute atomic E-state index is 0. The Morgan fingerprint density at radius 1 is 0.828 bits per heavy atom. The summed E-state index contributed by atoms with van der Waals surface area (Å²) >= 11 is 0. The molecule has 1 aromatic carbocycles. The maximum atomic E-state index is 4.98. The second kappa shape index (κ2) is 6.51. The number of fused-ring (bicyclic) bond motifs is 1. The molecule has 1 radical (unpaired) electrons. The summed E-state index contributed by atoms with van der Waals surface area (Å²) in [4.78, 5) is 4.98. The summed E-state index contributed by atoms with van der Waals surface area (Å²) in [6.45, 7) is 9.54. The van der Waals surface area contributed by atoms with E-state index in [4.69, 9.17) is 4.98 Å². The molecular formula is C27H32IrN-. The Morgan fingerprint density at radius 3 is 2.14 bits per heavy atom. The Morgan fingerprint density at radius 2 is 1.45 bits per heavy atom. The van der Waals surface area contributed by atoms with Crippen LogP contribution in [0.5, 0.6) is 0 Å². The van der Waals surface area contributed by atoms with Gasteiger partial charge in [0.15, 0.2) is 0 Å². The summed E-state index contributed by atoms with van der Waals surface area (Å²) in [5.41, 5.74) is 9.00. The van der Waals surface area contributed by atoms with Gasteiger partial charge in [0.2, 0.25) is 0 Å². The van der Waals surface area contributed by atoms with Crippen molar-refractivity contribution in [1.82, 2.24) is 4.98 Å². The molecule has 0 saturated heterocycles. The normalized spacial score (nSPS) is 32.3. The molecule has 5 aliphatic carbocycles. The van der Waals surface area contributed by atoms with Crippen LogP contribution in [0.15, 0.2) is 24.4 Å². The molecule has 0 amide bonds. The van der Waals surface area contributed by atoms with E-state index in [0.29, 0.717) is 0 Å². The Kier molecular flexibility index (Phi) is 4.48. The molecule has 2 fully saturated rings. The van der Waals surface area contributed by atoms with E-state index in [0.717, 1.165) is 29.4 Å². The van der Waals surface area contributed by atoms with Crippen molar-refractivity contribution >= 4 is 0 Å². The smallest absolute Gasteiger partial charge is 0.0198 e. The monoisotopic (exact) mass is 563 g/mol. The zero-order valence-corrected chi connectivity index (χ0v) is 20.5. The Hall–Kier alpha value is -0.981. The van der Waals surface area contributed by atoms with Gasteiger partial charge in [-0.15, -0.1) is 34.9 Å². The van der Waals surface area contributed by atoms with E-state index in [-0.39, 0.29) is 30.9 Å². The first-order valence-electron chi connectivity index (χ1n) is 11.4. The molecule has 7 rings (SSSR count). The number of nitrogens with zero attached hydrogens (tertiary/aromatic N) is 1. The predicted molar refractivity (Wildman–Crippen MR) is 115 cm³/mol. The summed E-state index contributed by atoms with van der Waals surface area (Å²) in [6, 6.07) is 10.7. The SMILES string of the molecule is CC1(C)CC(C)(C)c2cc(-c3cc4c(cn3)C3CC5CC(C3)CC4C5)[c-]cc21.[Ir]. The third-order valence-corrected chi connectivity index (χ3v) is 8.55. The van der Waals surface area contributed by atoms with Crippen LogP contribution in [0, 0.1) is 17.9 Å². The Labute approximate surface area is 189 Å². The van der Waals surface area contributed by atoms with E-state index in [2.05, 4.69) is 58.2 Å². The standard InChI is InChI=1S/C27H32N.Ir/c1-26(2)15-27(3,4)24-12-18(5-6-23(24)26)25-13-21-19-8-16-7-17(9-19)11-20(10-16)22(21)14-28-25;/h6,12-14,16-17,19-20H,7-11,15H2,1-4H3;/q-1;. The molecular weight excluding hydrogens is 531 g/mol. The Bertz CT molecular complexity index is 958. The average Bonchev–Trinajstić information content (AvgIpc) is 2.72. The van der Waals surface area contributed by atoms with E-state index in [1.165, 1.54) is 55.2 Å². The molecule has 1 heterocycles. The number of hydrogen-bond acceptors (Lipinski definition) is 1. The predicted octanol–water partition coefficient (Wildman–Crippen LogP) is 6.90.